The normalized spacial score (nSPS) is 17.1. The molecule has 1 saturated heterocycles. The van der Waals surface area contributed by atoms with Gasteiger partial charge in [-0.15, -0.1) is 12.6 Å². The number of carbonyl (C=O) groups is 3. The molecule has 3 rings (SSSR count). The topological polar surface area (TPSA) is 88.6 Å². The molecule has 0 saturated carbocycles. The van der Waals surface area contributed by atoms with Crippen LogP contribution in [0.25, 0.3) is 0 Å². The van der Waals surface area contributed by atoms with Crippen molar-refractivity contribution >= 4 is 29.6 Å². The Kier molecular flexibility index (Phi) is 6.48. The van der Waals surface area contributed by atoms with Crippen LogP contribution in [0.1, 0.15) is 18.9 Å². The zero-order valence-corrected chi connectivity index (χ0v) is 16.6. The first-order chi connectivity index (χ1) is 13.8. The van der Waals surface area contributed by atoms with E-state index in [1.165, 1.54) is 31.2 Å². The average molecular weight is 417 g/mol. The van der Waals surface area contributed by atoms with E-state index in [9.17, 15) is 18.8 Å². The van der Waals surface area contributed by atoms with Crippen molar-refractivity contribution in [2.75, 3.05) is 6.54 Å². The van der Waals surface area contributed by atoms with E-state index in [-0.39, 0.29) is 30.0 Å². The lowest BCUT2D eigenvalue weighted by molar-refractivity contribution is -0.128. The van der Waals surface area contributed by atoms with Crippen LogP contribution in [0, 0.1) is 11.7 Å². The first kappa shape index (κ1) is 20.8. The Morgan fingerprint density at radius 1 is 1.31 bits per heavy atom. The predicted octanol–water partition coefficient (Wildman–Crippen LogP) is 2.32. The standard InChI is InChI=1S/C20H20FN3O4S/c1-12(25)23-19(20(27)29)14-8-18(26)24(11-14)10-13-2-7-17(22-9-13)28-16-5-3-15(21)4-6-16/h2-7,9,14,19H,8,10-11H2,1H3,(H,23,25)(H,27,29)/t14-,19+/m1/s1. The van der Waals surface area contributed by atoms with E-state index in [2.05, 4.69) is 22.9 Å². The van der Waals surface area contributed by atoms with Gasteiger partial charge in [0.15, 0.2) is 0 Å². The van der Waals surface area contributed by atoms with Gasteiger partial charge in [0.25, 0.3) is 0 Å². The van der Waals surface area contributed by atoms with E-state index >= 15 is 0 Å². The minimum atomic E-state index is -0.797. The fourth-order valence-electron chi connectivity index (χ4n) is 3.19. The Bertz CT molecular complexity index is 905. The van der Waals surface area contributed by atoms with Crippen molar-refractivity contribution in [1.82, 2.24) is 15.2 Å². The molecule has 1 fully saturated rings. The maximum Gasteiger partial charge on any atom is 0.223 e. The summed E-state index contributed by atoms with van der Waals surface area (Å²) in [5.41, 5.74) is 0.790. The summed E-state index contributed by atoms with van der Waals surface area (Å²) in [5.74, 6) is -0.321. The lowest BCUT2D eigenvalue weighted by Gasteiger charge is -2.21. The molecule has 0 radical (unpaired) electrons. The molecule has 2 aromatic rings. The van der Waals surface area contributed by atoms with E-state index in [0.29, 0.717) is 24.7 Å². The number of likely N-dealkylation sites (tertiary alicyclic amines) is 1. The number of hydrogen-bond acceptors (Lipinski definition) is 5. The maximum atomic E-state index is 12.9. The van der Waals surface area contributed by atoms with Crippen molar-refractivity contribution in [2.24, 2.45) is 5.92 Å². The third-order valence-corrected chi connectivity index (χ3v) is 4.83. The molecule has 0 aliphatic carbocycles. The number of aromatic nitrogens is 1. The van der Waals surface area contributed by atoms with Crippen molar-refractivity contribution in [1.29, 1.82) is 0 Å². The summed E-state index contributed by atoms with van der Waals surface area (Å²) in [6, 6.07) is 8.24. The number of hydrogen-bond donors (Lipinski definition) is 2. The Hall–Kier alpha value is -2.94. The number of amides is 2. The summed E-state index contributed by atoms with van der Waals surface area (Å²) in [6.07, 6.45) is 1.75. The van der Waals surface area contributed by atoms with Crippen LogP contribution in [0.3, 0.4) is 0 Å². The van der Waals surface area contributed by atoms with Gasteiger partial charge in [0.2, 0.25) is 22.8 Å². The number of benzene rings is 1. The van der Waals surface area contributed by atoms with E-state index in [4.69, 9.17) is 4.74 Å². The molecule has 2 amide bonds. The lowest BCUT2D eigenvalue weighted by atomic mass is 10.00. The van der Waals surface area contributed by atoms with Gasteiger partial charge in [-0.3, -0.25) is 14.4 Å². The number of carbonyl (C=O) groups excluding carboxylic acids is 3. The monoisotopic (exact) mass is 417 g/mol. The molecular formula is C20H20FN3O4S. The Morgan fingerprint density at radius 3 is 2.62 bits per heavy atom. The van der Waals surface area contributed by atoms with Crippen molar-refractivity contribution in [3.8, 4) is 11.6 Å². The van der Waals surface area contributed by atoms with Crippen molar-refractivity contribution in [2.45, 2.75) is 25.9 Å². The van der Waals surface area contributed by atoms with Crippen molar-refractivity contribution < 1.29 is 23.5 Å². The Balaban J connectivity index is 1.61. The Morgan fingerprint density at radius 2 is 2.03 bits per heavy atom. The minimum Gasteiger partial charge on any atom is -0.439 e. The van der Waals surface area contributed by atoms with E-state index < -0.39 is 11.2 Å². The highest BCUT2D eigenvalue weighted by molar-refractivity contribution is 7.96. The van der Waals surface area contributed by atoms with Crippen LogP contribution < -0.4 is 10.1 Å². The van der Waals surface area contributed by atoms with Gasteiger partial charge in [-0.05, 0) is 29.8 Å². The van der Waals surface area contributed by atoms with Crippen LogP contribution in [0.4, 0.5) is 4.39 Å². The average Bonchev–Trinajstić information content (AvgIpc) is 3.03. The van der Waals surface area contributed by atoms with Gasteiger partial charge in [-0.25, -0.2) is 9.37 Å². The highest BCUT2D eigenvalue weighted by Crippen LogP contribution is 2.25. The molecule has 1 aliphatic rings. The molecule has 152 valence electrons. The first-order valence-electron chi connectivity index (χ1n) is 8.98. The molecule has 2 atom stereocenters. The summed E-state index contributed by atoms with van der Waals surface area (Å²) >= 11 is 3.83. The largest absolute Gasteiger partial charge is 0.439 e. The smallest absolute Gasteiger partial charge is 0.223 e. The van der Waals surface area contributed by atoms with Gasteiger partial charge in [0, 0.05) is 44.6 Å². The second-order valence-electron chi connectivity index (χ2n) is 6.82. The Labute approximate surface area is 172 Å². The number of ether oxygens (including phenoxy) is 1. The summed E-state index contributed by atoms with van der Waals surface area (Å²) in [5, 5.41) is 2.10. The van der Waals surface area contributed by atoms with Crippen LogP contribution in [-0.2, 0) is 20.9 Å². The molecule has 0 spiro atoms. The fourth-order valence-corrected chi connectivity index (χ4v) is 3.46. The van der Waals surface area contributed by atoms with Crippen LogP contribution in [0.15, 0.2) is 42.6 Å². The summed E-state index contributed by atoms with van der Waals surface area (Å²) in [6.45, 7) is 1.98. The summed E-state index contributed by atoms with van der Waals surface area (Å²) in [4.78, 5) is 41.2. The third kappa shape index (κ3) is 5.54. The molecular weight excluding hydrogens is 397 g/mol. The third-order valence-electron chi connectivity index (χ3n) is 4.55. The van der Waals surface area contributed by atoms with Gasteiger partial charge >= 0.3 is 0 Å². The molecule has 1 aromatic heterocycles. The second-order valence-corrected chi connectivity index (χ2v) is 7.26. The molecule has 7 nitrogen and oxygen atoms in total. The quantitative estimate of drug-likeness (QED) is 0.675. The minimum absolute atomic E-state index is 0.105. The van der Waals surface area contributed by atoms with Crippen molar-refractivity contribution in [3.05, 3.63) is 54.0 Å². The van der Waals surface area contributed by atoms with Crippen LogP contribution >= 0.6 is 12.6 Å². The highest BCUT2D eigenvalue weighted by Gasteiger charge is 2.37. The molecule has 0 unspecified atom stereocenters. The van der Waals surface area contributed by atoms with E-state index in [1.54, 1.807) is 23.2 Å². The van der Waals surface area contributed by atoms with Crippen LogP contribution in [0.5, 0.6) is 11.6 Å². The zero-order chi connectivity index (χ0) is 21.0. The number of thiol groups is 1. The van der Waals surface area contributed by atoms with Gasteiger partial charge in [0.05, 0.1) is 0 Å². The number of halogens is 1. The summed E-state index contributed by atoms with van der Waals surface area (Å²) in [7, 11) is 0. The number of nitrogens with one attached hydrogen (secondary N) is 1. The maximum absolute atomic E-state index is 12.9. The van der Waals surface area contributed by atoms with E-state index in [0.717, 1.165) is 5.56 Å². The lowest BCUT2D eigenvalue weighted by Crippen LogP contribution is -2.44. The van der Waals surface area contributed by atoms with E-state index in [1.807, 2.05) is 0 Å². The number of rotatable bonds is 7. The van der Waals surface area contributed by atoms with Crippen molar-refractivity contribution in [3.63, 3.8) is 0 Å². The molecule has 29 heavy (non-hydrogen) atoms. The zero-order valence-electron chi connectivity index (χ0n) is 15.7. The van der Waals surface area contributed by atoms with Crippen LogP contribution in [-0.4, -0.2) is 39.4 Å². The SMILES string of the molecule is CC(=O)N[C@H](C(=O)S)[C@@H]1CC(=O)N(Cc2ccc(Oc3ccc(F)cc3)nc2)C1. The molecule has 2 heterocycles. The highest BCUT2D eigenvalue weighted by atomic mass is 32.1. The molecule has 9 heteroatoms. The van der Waals surface area contributed by atoms with Crippen LogP contribution in [0.2, 0.25) is 0 Å². The van der Waals surface area contributed by atoms with Gasteiger partial charge < -0.3 is 15.0 Å². The number of nitrogens with zero attached hydrogens (tertiary/aromatic N) is 2. The predicted molar refractivity (Wildman–Crippen MR) is 106 cm³/mol. The molecule has 1 aliphatic heterocycles. The number of pyridine rings is 1. The molecule has 1 aromatic carbocycles. The van der Waals surface area contributed by atoms with Gasteiger partial charge in [-0.1, -0.05) is 6.07 Å². The first-order valence-corrected chi connectivity index (χ1v) is 9.42. The van der Waals surface area contributed by atoms with Gasteiger partial charge in [-0.2, -0.15) is 0 Å². The summed E-state index contributed by atoms with van der Waals surface area (Å²) < 4.78 is 18.5. The molecule has 1 N–H and O–H groups in total. The fraction of sp³-hybridized carbons (Fsp3) is 0.300. The van der Waals surface area contributed by atoms with Gasteiger partial charge in [0.1, 0.15) is 17.6 Å². The molecule has 0 bridgehead atoms. The second kappa shape index (κ2) is 9.04.